The van der Waals surface area contributed by atoms with Gasteiger partial charge >= 0.3 is 19.8 Å². The third kappa shape index (κ3) is 3.09. The van der Waals surface area contributed by atoms with Gasteiger partial charge in [-0.25, -0.2) is 6.14 Å². The second kappa shape index (κ2) is 5.15. The highest BCUT2D eigenvalue weighted by Gasteiger charge is 2.15. The van der Waals surface area contributed by atoms with Crippen LogP contribution < -0.4 is 5.32 Å². The van der Waals surface area contributed by atoms with Gasteiger partial charge in [-0.15, -0.1) is 0 Å². The summed E-state index contributed by atoms with van der Waals surface area (Å²) in [6.07, 6.45) is 0. The number of carbonyl (C=O) groups is 2. The Hall–Kier alpha value is -1.31. The first-order valence-electron chi connectivity index (χ1n) is 4.39. The second-order valence-corrected chi connectivity index (χ2v) is 5.61. The van der Waals surface area contributed by atoms with Crippen LogP contribution >= 0.6 is 19.8 Å². The summed E-state index contributed by atoms with van der Waals surface area (Å²) >= 11 is -3.73. The van der Waals surface area contributed by atoms with Crippen molar-refractivity contribution in [3.8, 4) is 0 Å². The van der Waals surface area contributed by atoms with Gasteiger partial charge in [-0.2, -0.15) is 0 Å². The van der Waals surface area contributed by atoms with Gasteiger partial charge in [0.05, 0.1) is 9.13 Å². The number of carbonyl (C=O) groups excluding carboxylic acids is 2. The Morgan fingerprint density at radius 3 is 2.38 bits per heavy atom. The maximum absolute atomic E-state index is 11.5. The van der Waals surface area contributed by atoms with Crippen molar-refractivity contribution >= 4 is 31.6 Å². The van der Waals surface area contributed by atoms with E-state index in [9.17, 15) is 15.7 Å². The average molecular weight is 335 g/mol. The SMILES string of the molecule is CC(=O)NC(=O)c1cc(C)ccc1I(=O)=O. The monoisotopic (exact) mass is 335 g/mol. The van der Waals surface area contributed by atoms with Crippen molar-refractivity contribution in [3.05, 3.63) is 32.9 Å². The van der Waals surface area contributed by atoms with Gasteiger partial charge in [-0.3, -0.25) is 14.9 Å². The first-order chi connectivity index (χ1) is 7.41. The zero-order valence-corrected chi connectivity index (χ0v) is 10.9. The van der Waals surface area contributed by atoms with Crippen LogP contribution in [0.15, 0.2) is 18.2 Å². The molecule has 1 rings (SSSR count). The van der Waals surface area contributed by atoms with Gasteiger partial charge in [0.2, 0.25) is 5.91 Å². The van der Waals surface area contributed by atoms with Gasteiger partial charge in [0.25, 0.3) is 5.91 Å². The zero-order chi connectivity index (χ0) is 12.3. The number of benzene rings is 1. The standard InChI is InChI=1S/C10H10INO4/c1-6-3-4-9(11(15)16)8(5-6)10(14)12-7(2)13/h3-5H,1-2H3,(H,12,13,14). The highest BCUT2D eigenvalue weighted by molar-refractivity contribution is 14.2. The molecule has 0 atom stereocenters. The van der Waals surface area contributed by atoms with Gasteiger partial charge in [-0.1, -0.05) is 11.6 Å². The Morgan fingerprint density at radius 2 is 1.88 bits per heavy atom. The molecule has 16 heavy (non-hydrogen) atoms. The minimum absolute atomic E-state index is 0.00792. The number of amides is 2. The summed E-state index contributed by atoms with van der Waals surface area (Å²) in [7, 11) is 0. The summed E-state index contributed by atoms with van der Waals surface area (Å²) in [5.74, 6) is -1.20. The van der Waals surface area contributed by atoms with E-state index < -0.39 is 31.6 Å². The van der Waals surface area contributed by atoms with Crippen molar-refractivity contribution in [3.63, 3.8) is 0 Å². The molecule has 0 aromatic heterocycles. The summed E-state index contributed by atoms with van der Waals surface area (Å²) in [6.45, 7) is 2.93. The fourth-order valence-electron chi connectivity index (χ4n) is 1.17. The molecule has 0 aliphatic carbocycles. The molecule has 5 nitrogen and oxygen atoms in total. The lowest BCUT2D eigenvalue weighted by molar-refractivity contribution is -0.118. The summed E-state index contributed by atoms with van der Waals surface area (Å²) in [5, 5.41) is 2.05. The number of nitrogens with one attached hydrogen (secondary N) is 1. The van der Waals surface area contributed by atoms with Crippen molar-refractivity contribution in [2.45, 2.75) is 13.8 Å². The molecule has 0 unspecified atom stereocenters. The first kappa shape index (κ1) is 12.8. The molecule has 1 aromatic carbocycles. The van der Waals surface area contributed by atoms with E-state index in [4.69, 9.17) is 0 Å². The molecule has 0 spiro atoms. The lowest BCUT2D eigenvalue weighted by Crippen LogP contribution is -2.28. The van der Waals surface area contributed by atoms with E-state index in [1.807, 2.05) is 0 Å². The Labute approximate surface area is 99.4 Å². The number of hydrogen-bond acceptors (Lipinski definition) is 4. The number of hydrogen-bond donors (Lipinski definition) is 1. The normalized spacial score (nSPS) is 10.2. The van der Waals surface area contributed by atoms with Crippen LogP contribution in [0.5, 0.6) is 0 Å². The number of aryl methyl sites for hydroxylation is 1. The predicted octanol–water partition coefficient (Wildman–Crippen LogP) is 1.64. The summed E-state index contributed by atoms with van der Waals surface area (Å²) in [4.78, 5) is 22.3. The van der Waals surface area contributed by atoms with Crippen LogP contribution in [0.1, 0.15) is 22.8 Å². The fourth-order valence-corrected chi connectivity index (χ4v) is 2.52. The molecule has 0 bridgehead atoms. The molecule has 0 fully saturated rings. The van der Waals surface area contributed by atoms with Crippen molar-refractivity contribution in [2.24, 2.45) is 0 Å². The Kier molecular flexibility index (Phi) is 4.11. The van der Waals surface area contributed by atoms with Crippen LogP contribution in [0, 0.1) is 10.5 Å². The van der Waals surface area contributed by atoms with E-state index in [2.05, 4.69) is 5.32 Å². The molecule has 0 aliphatic rings. The van der Waals surface area contributed by atoms with E-state index in [0.717, 1.165) is 5.56 Å². The first-order valence-corrected chi connectivity index (χ1v) is 7.23. The van der Waals surface area contributed by atoms with E-state index in [1.165, 1.54) is 19.1 Å². The maximum Gasteiger partial charge on any atom is 0.341 e. The maximum atomic E-state index is 11.5. The van der Waals surface area contributed by atoms with Crippen LogP contribution in [-0.2, 0) is 10.9 Å². The zero-order valence-electron chi connectivity index (χ0n) is 8.74. The lowest BCUT2D eigenvalue weighted by Gasteiger charge is -2.04. The number of halogens is 1. The third-order valence-electron chi connectivity index (χ3n) is 1.82. The van der Waals surface area contributed by atoms with E-state index >= 15 is 0 Å². The quantitative estimate of drug-likeness (QED) is 0.833. The summed E-state index contributed by atoms with van der Waals surface area (Å²) in [5.41, 5.74) is 0.792. The minimum atomic E-state index is -3.73. The van der Waals surface area contributed by atoms with Crippen LogP contribution in [0.4, 0.5) is 0 Å². The molecule has 0 aliphatic heterocycles. The van der Waals surface area contributed by atoms with E-state index in [1.54, 1.807) is 13.0 Å². The van der Waals surface area contributed by atoms with Gasteiger partial charge in [0, 0.05) is 6.92 Å². The number of rotatable bonds is 2. The number of imide groups is 1. The topological polar surface area (TPSA) is 80.3 Å². The molecule has 0 radical (unpaired) electrons. The van der Waals surface area contributed by atoms with Gasteiger partial charge < -0.3 is 0 Å². The fraction of sp³-hybridized carbons (Fsp3) is 0.200. The molecule has 0 heterocycles. The molecule has 6 heteroatoms. The van der Waals surface area contributed by atoms with Crippen LogP contribution in [0.2, 0.25) is 0 Å². The molecule has 1 aromatic rings. The van der Waals surface area contributed by atoms with E-state index in [0.29, 0.717) is 0 Å². The van der Waals surface area contributed by atoms with Crippen molar-refractivity contribution in [2.75, 3.05) is 0 Å². The molecule has 2 amide bonds. The lowest BCUT2D eigenvalue weighted by atomic mass is 10.1. The minimum Gasteiger partial charge on any atom is -0.293 e. The summed E-state index contributed by atoms with van der Waals surface area (Å²) in [6, 6.07) is 4.45. The van der Waals surface area contributed by atoms with Crippen LogP contribution in [0.3, 0.4) is 0 Å². The van der Waals surface area contributed by atoms with Gasteiger partial charge in [0.15, 0.2) is 0 Å². The van der Waals surface area contributed by atoms with Crippen molar-refractivity contribution in [1.82, 2.24) is 5.32 Å². The van der Waals surface area contributed by atoms with Gasteiger partial charge in [-0.05, 0) is 19.1 Å². The second-order valence-electron chi connectivity index (χ2n) is 3.21. The molecular weight excluding hydrogens is 325 g/mol. The molecule has 86 valence electrons. The molecular formula is C10H10INO4. The highest BCUT2D eigenvalue weighted by Crippen LogP contribution is 2.22. The Morgan fingerprint density at radius 1 is 1.25 bits per heavy atom. The molecule has 1 N–H and O–H groups in total. The largest absolute Gasteiger partial charge is 0.341 e. The Bertz CT molecular complexity index is 512. The predicted molar refractivity (Wildman–Crippen MR) is 63.4 cm³/mol. The van der Waals surface area contributed by atoms with Crippen LogP contribution in [0.25, 0.3) is 0 Å². The molecule has 0 saturated carbocycles. The molecule has 0 saturated heterocycles. The third-order valence-corrected chi connectivity index (χ3v) is 3.71. The highest BCUT2D eigenvalue weighted by atomic mass is 127. The van der Waals surface area contributed by atoms with Crippen molar-refractivity contribution < 1.29 is 15.7 Å². The summed E-state index contributed by atoms with van der Waals surface area (Å²) < 4.78 is 22.0. The van der Waals surface area contributed by atoms with Gasteiger partial charge in [0.1, 0.15) is 0 Å². The van der Waals surface area contributed by atoms with E-state index in [-0.39, 0.29) is 9.13 Å². The van der Waals surface area contributed by atoms with Crippen molar-refractivity contribution in [1.29, 1.82) is 0 Å². The van der Waals surface area contributed by atoms with Crippen LogP contribution in [-0.4, -0.2) is 11.8 Å². The Balaban J connectivity index is 3.24. The smallest absolute Gasteiger partial charge is 0.293 e. The average Bonchev–Trinajstić information content (AvgIpc) is 2.15.